The highest BCUT2D eigenvalue weighted by molar-refractivity contribution is 5.14. The average Bonchev–Trinajstić information content (AvgIpc) is 2.64. The van der Waals surface area contributed by atoms with E-state index < -0.39 is 0 Å². The van der Waals surface area contributed by atoms with Crippen LogP contribution in [0.4, 0.5) is 0 Å². The van der Waals surface area contributed by atoms with Gasteiger partial charge in [0.05, 0.1) is 0 Å². The van der Waals surface area contributed by atoms with E-state index in [4.69, 9.17) is 0 Å². The molecule has 0 spiro atoms. The van der Waals surface area contributed by atoms with Gasteiger partial charge in [-0.2, -0.15) is 0 Å². The summed E-state index contributed by atoms with van der Waals surface area (Å²) in [5.41, 5.74) is 1.50. The van der Waals surface area contributed by atoms with Crippen molar-refractivity contribution in [1.82, 2.24) is 4.90 Å². The van der Waals surface area contributed by atoms with Crippen molar-refractivity contribution in [2.24, 2.45) is 0 Å². The maximum absolute atomic E-state index is 2.65. The van der Waals surface area contributed by atoms with E-state index >= 15 is 0 Å². The number of benzene rings is 1. The third-order valence-electron chi connectivity index (χ3n) is 5.11. The van der Waals surface area contributed by atoms with Crippen molar-refractivity contribution in [3.63, 3.8) is 0 Å². The second-order valence-electron chi connectivity index (χ2n) is 7.61. The molecule has 2 heteroatoms. The molecule has 0 atom stereocenters. The average molecular weight is 364 g/mol. The molecule has 2 N–H and O–H groups in total. The van der Waals surface area contributed by atoms with E-state index in [1.165, 1.54) is 109 Å². The topological polar surface area (TPSA) is 34.7 Å². The molecule has 0 unspecified atom stereocenters. The molecule has 0 amide bonds. The lowest BCUT2D eigenvalue weighted by atomic mass is 10.0. The summed E-state index contributed by atoms with van der Waals surface area (Å²) in [6, 6.07) is 10.9. The number of aryl methyl sites for hydroxylation is 1. The largest absolute Gasteiger partial charge is 0.412 e. The van der Waals surface area contributed by atoms with Crippen molar-refractivity contribution < 1.29 is 5.48 Å². The normalized spacial score (nSPS) is 10.9. The third-order valence-corrected chi connectivity index (χ3v) is 5.11. The number of rotatable bonds is 17. The lowest BCUT2D eigenvalue weighted by molar-refractivity contribution is 0.267. The van der Waals surface area contributed by atoms with E-state index in [1.54, 1.807) is 0 Å². The minimum Gasteiger partial charge on any atom is -0.412 e. The van der Waals surface area contributed by atoms with Crippen molar-refractivity contribution in [3.8, 4) is 0 Å². The predicted molar refractivity (Wildman–Crippen MR) is 117 cm³/mol. The quantitative estimate of drug-likeness (QED) is 0.294. The summed E-state index contributed by atoms with van der Waals surface area (Å²) >= 11 is 0. The molecule has 1 aromatic carbocycles. The van der Waals surface area contributed by atoms with Crippen LogP contribution in [0, 0.1) is 0 Å². The van der Waals surface area contributed by atoms with Gasteiger partial charge in [0.1, 0.15) is 0 Å². The van der Waals surface area contributed by atoms with Crippen LogP contribution >= 0.6 is 0 Å². The lowest BCUT2D eigenvalue weighted by Gasteiger charge is -2.20. The Morgan fingerprint density at radius 1 is 0.577 bits per heavy atom. The summed E-state index contributed by atoms with van der Waals surface area (Å²) in [4.78, 5) is 2.65. The molecule has 0 heterocycles. The molecule has 0 fully saturated rings. The Morgan fingerprint density at radius 3 is 1.54 bits per heavy atom. The summed E-state index contributed by atoms with van der Waals surface area (Å²) in [6.45, 7) is 8.49. The van der Waals surface area contributed by atoms with E-state index in [-0.39, 0.29) is 5.48 Å². The summed E-state index contributed by atoms with van der Waals surface area (Å²) in [7, 11) is 0. The van der Waals surface area contributed by atoms with Gasteiger partial charge in [0.25, 0.3) is 0 Å². The summed E-state index contributed by atoms with van der Waals surface area (Å²) in [6.07, 6.45) is 18.1. The molecule has 0 aromatic heterocycles. The summed E-state index contributed by atoms with van der Waals surface area (Å²) in [5.74, 6) is 0. The van der Waals surface area contributed by atoms with Gasteiger partial charge < -0.3 is 10.4 Å². The standard InChI is InChI=1S/C24H43N.H2O/c1-3-21-25(22-4-2)23-17-12-10-8-6-5-7-9-11-14-18-24-19-15-13-16-20-24;/h13,15-16,19-20H,3-12,14,17-18,21-23H2,1-2H3;1H2. The van der Waals surface area contributed by atoms with Crippen LogP contribution in [0.15, 0.2) is 30.3 Å². The highest BCUT2D eigenvalue weighted by Gasteiger charge is 2.01. The van der Waals surface area contributed by atoms with Crippen LogP contribution in [0.1, 0.15) is 96.5 Å². The molecule has 0 saturated heterocycles. The molecule has 2 nitrogen and oxygen atoms in total. The molecular formula is C24H45NO. The fourth-order valence-corrected chi connectivity index (χ4v) is 3.69. The molecule has 0 aliphatic heterocycles. The molecule has 0 aliphatic carbocycles. The van der Waals surface area contributed by atoms with Crippen LogP contribution < -0.4 is 0 Å². The fraction of sp³-hybridized carbons (Fsp3) is 0.750. The molecule has 26 heavy (non-hydrogen) atoms. The van der Waals surface area contributed by atoms with Crippen LogP contribution in [0.3, 0.4) is 0 Å². The number of nitrogens with zero attached hydrogens (tertiary/aromatic N) is 1. The van der Waals surface area contributed by atoms with E-state index in [2.05, 4.69) is 49.1 Å². The molecular weight excluding hydrogens is 318 g/mol. The van der Waals surface area contributed by atoms with E-state index in [0.717, 1.165) is 0 Å². The highest BCUT2D eigenvalue weighted by Crippen LogP contribution is 2.12. The lowest BCUT2D eigenvalue weighted by Crippen LogP contribution is -2.26. The second kappa shape index (κ2) is 18.9. The van der Waals surface area contributed by atoms with Crippen LogP contribution in [0.25, 0.3) is 0 Å². The predicted octanol–water partition coefficient (Wildman–Crippen LogP) is 6.43. The first kappa shape index (κ1) is 25.1. The van der Waals surface area contributed by atoms with E-state index in [9.17, 15) is 0 Å². The Kier molecular flexibility index (Phi) is 18.3. The molecule has 152 valence electrons. The van der Waals surface area contributed by atoms with Gasteiger partial charge in [-0.15, -0.1) is 0 Å². The van der Waals surface area contributed by atoms with Gasteiger partial charge in [0, 0.05) is 0 Å². The van der Waals surface area contributed by atoms with Crippen molar-refractivity contribution in [3.05, 3.63) is 35.9 Å². The molecule has 0 aliphatic rings. The highest BCUT2D eigenvalue weighted by atomic mass is 16.0. The zero-order valence-corrected chi connectivity index (χ0v) is 17.6. The van der Waals surface area contributed by atoms with Gasteiger partial charge in [-0.1, -0.05) is 95.5 Å². The smallest absolute Gasteiger partial charge is 0.00187 e. The van der Waals surface area contributed by atoms with Gasteiger partial charge >= 0.3 is 0 Å². The first-order valence-corrected chi connectivity index (χ1v) is 11.1. The van der Waals surface area contributed by atoms with Crippen molar-refractivity contribution in [1.29, 1.82) is 0 Å². The summed E-state index contributed by atoms with van der Waals surface area (Å²) < 4.78 is 0. The van der Waals surface area contributed by atoms with E-state index in [1.807, 2.05) is 0 Å². The maximum atomic E-state index is 2.65. The summed E-state index contributed by atoms with van der Waals surface area (Å²) in [5, 5.41) is 0. The number of unbranched alkanes of at least 4 members (excludes halogenated alkanes) is 9. The molecule has 0 bridgehead atoms. The second-order valence-corrected chi connectivity index (χ2v) is 7.61. The molecule has 1 aromatic rings. The Hall–Kier alpha value is -0.860. The SMILES string of the molecule is CCCN(CCC)CCCCCCCCCCCCc1ccccc1.O. The Labute approximate surface area is 163 Å². The first-order chi connectivity index (χ1) is 12.4. The fourth-order valence-electron chi connectivity index (χ4n) is 3.69. The van der Waals surface area contributed by atoms with Crippen molar-refractivity contribution in [2.45, 2.75) is 97.3 Å². The monoisotopic (exact) mass is 363 g/mol. The van der Waals surface area contributed by atoms with Crippen LogP contribution in [0.5, 0.6) is 0 Å². The molecule has 0 saturated carbocycles. The van der Waals surface area contributed by atoms with E-state index in [0.29, 0.717) is 0 Å². The van der Waals surface area contributed by atoms with Crippen molar-refractivity contribution >= 4 is 0 Å². The van der Waals surface area contributed by atoms with Crippen LogP contribution in [-0.2, 0) is 6.42 Å². The van der Waals surface area contributed by atoms with Gasteiger partial charge in [0.15, 0.2) is 0 Å². The van der Waals surface area contributed by atoms with Gasteiger partial charge in [-0.25, -0.2) is 0 Å². The first-order valence-electron chi connectivity index (χ1n) is 11.1. The zero-order valence-electron chi connectivity index (χ0n) is 17.6. The number of hydrogen-bond acceptors (Lipinski definition) is 1. The Balaban J connectivity index is 0.00000625. The van der Waals surface area contributed by atoms with Crippen LogP contribution in [-0.4, -0.2) is 30.0 Å². The molecule has 1 rings (SSSR count). The van der Waals surface area contributed by atoms with Crippen LogP contribution in [0.2, 0.25) is 0 Å². The van der Waals surface area contributed by atoms with Gasteiger partial charge in [-0.3, -0.25) is 0 Å². The Morgan fingerprint density at radius 2 is 1.04 bits per heavy atom. The van der Waals surface area contributed by atoms with Gasteiger partial charge in [0.2, 0.25) is 0 Å². The van der Waals surface area contributed by atoms with Crippen molar-refractivity contribution in [2.75, 3.05) is 19.6 Å². The molecule has 0 radical (unpaired) electrons. The third kappa shape index (κ3) is 14.3. The minimum atomic E-state index is 0. The zero-order chi connectivity index (χ0) is 18.0. The number of hydrogen-bond donors (Lipinski definition) is 0. The minimum absolute atomic E-state index is 0. The maximum Gasteiger partial charge on any atom is -0.00187 e. The van der Waals surface area contributed by atoms with Gasteiger partial charge in [-0.05, 0) is 57.3 Å². The Bertz CT molecular complexity index is 373.